The molecule has 0 atom stereocenters. The predicted octanol–water partition coefficient (Wildman–Crippen LogP) is 3.39. The highest BCUT2D eigenvalue weighted by Gasteiger charge is 2.33. The van der Waals surface area contributed by atoms with Gasteiger partial charge in [0.05, 0.1) is 26.5 Å². The van der Waals surface area contributed by atoms with Crippen molar-refractivity contribution >= 4 is 34.0 Å². The van der Waals surface area contributed by atoms with Crippen molar-refractivity contribution in [3.05, 3.63) is 51.7 Å². The fourth-order valence-corrected chi connectivity index (χ4v) is 4.03. The molecule has 1 aromatic carbocycles. The Morgan fingerprint density at radius 3 is 2.80 bits per heavy atom. The van der Waals surface area contributed by atoms with Crippen LogP contribution in [-0.4, -0.2) is 52.1 Å². The van der Waals surface area contributed by atoms with Crippen LogP contribution >= 0.6 is 22.9 Å². The fourth-order valence-electron chi connectivity index (χ4n) is 3.27. The molecule has 0 unspecified atom stereocenters. The van der Waals surface area contributed by atoms with Gasteiger partial charge in [-0.3, -0.25) is 10.1 Å². The predicted molar refractivity (Wildman–Crippen MR) is 131 cm³/mol. The number of hydrogen-bond donors (Lipinski definition) is 2. The zero-order valence-electron chi connectivity index (χ0n) is 18.6. The van der Waals surface area contributed by atoms with Gasteiger partial charge < -0.3 is 14.6 Å². The topological polar surface area (TPSA) is 106 Å². The van der Waals surface area contributed by atoms with Gasteiger partial charge in [-0.05, 0) is 48.6 Å². The average molecular weight is 507 g/mol. The minimum atomic E-state index is -1.16. The fraction of sp³-hybridized carbons (Fsp3) is 0.280. The van der Waals surface area contributed by atoms with Crippen LogP contribution in [0, 0.1) is 29.6 Å². The van der Waals surface area contributed by atoms with Crippen molar-refractivity contribution < 1.29 is 19.4 Å². The van der Waals surface area contributed by atoms with E-state index in [0.717, 1.165) is 12.8 Å². The maximum atomic E-state index is 13.3. The van der Waals surface area contributed by atoms with Crippen LogP contribution in [0.4, 0.5) is 5.13 Å². The zero-order valence-corrected chi connectivity index (χ0v) is 20.2. The number of hydrogen-bond acceptors (Lipinski definition) is 8. The van der Waals surface area contributed by atoms with Crippen molar-refractivity contribution in [2.45, 2.75) is 18.4 Å². The van der Waals surface area contributed by atoms with Crippen LogP contribution in [0.5, 0.6) is 5.75 Å². The van der Waals surface area contributed by atoms with Gasteiger partial charge in [0, 0.05) is 22.6 Å². The molecule has 2 aliphatic rings. The Bertz CT molecular complexity index is 1420. The lowest BCUT2D eigenvalue weighted by Crippen LogP contribution is -2.48. The van der Waals surface area contributed by atoms with Gasteiger partial charge in [0.15, 0.2) is 10.6 Å². The first-order valence-electron chi connectivity index (χ1n) is 10.8. The Morgan fingerprint density at radius 2 is 2.09 bits per heavy atom. The summed E-state index contributed by atoms with van der Waals surface area (Å²) in [5, 5.41) is 22.2. The van der Waals surface area contributed by atoms with Gasteiger partial charge in [-0.25, -0.2) is 4.98 Å². The van der Waals surface area contributed by atoms with Gasteiger partial charge in [-0.2, -0.15) is 0 Å². The molecule has 3 aromatic rings. The molecule has 1 amide bonds. The Labute approximate surface area is 210 Å². The lowest BCUT2D eigenvalue weighted by atomic mass is 9.96. The van der Waals surface area contributed by atoms with Crippen LogP contribution in [0.15, 0.2) is 30.5 Å². The average Bonchev–Trinajstić information content (AvgIpc) is 3.57. The summed E-state index contributed by atoms with van der Waals surface area (Å²) in [6.07, 6.45) is 3.73. The Hall–Kier alpha value is -3.47. The standard InChI is InChI=1S/C25H19ClN4O4S/c1-33-20-12-27-21(26)11-19(20)18-10-16(8-9-25(32)13-34-14-25)4-6-17(18)23(31)28-24-30-29-22(35-24)7-5-15-2-3-15/h4,6,10-12,15,32H,2-3,13-14H2,1H3,(H,28,30,31). The zero-order chi connectivity index (χ0) is 24.4. The van der Waals surface area contributed by atoms with E-state index in [4.69, 9.17) is 21.1 Å². The first-order valence-corrected chi connectivity index (χ1v) is 12.0. The number of rotatable bonds is 4. The van der Waals surface area contributed by atoms with Crippen molar-refractivity contribution in [2.24, 2.45) is 5.92 Å². The van der Waals surface area contributed by atoms with Gasteiger partial charge in [0.1, 0.15) is 10.9 Å². The summed E-state index contributed by atoms with van der Waals surface area (Å²) in [5.74, 6) is 12.4. The number of ether oxygens (including phenoxy) is 2. The summed E-state index contributed by atoms with van der Waals surface area (Å²) in [4.78, 5) is 17.3. The van der Waals surface area contributed by atoms with E-state index in [1.54, 1.807) is 24.3 Å². The number of nitrogens with zero attached hydrogens (tertiary/aromatic N) is 3. The lowest BCUT2D eigenvalue weighted by Gasteiger charge is -2.30. The summed E-state index contributed by atoms with van der Waals surface area (Å²) in [5.41, 5.74) is 0.889. The van der Waals surface area contributed by atoms with Crippen LogP contribution in [0.25, 0.3) is 11.1 Å². The molecule has 2 N–H and O–H groups in total. The first kappa shape index (κ1) is 23.3. The van der Waals surface area contributed by atoms with E-state index in [-0.39, 0.29) is 18.4 Å². The SMILES string of the molecule is COc1cnc(Cl)cc1-c1cc(C#CC2(O)COC2)ccc1C(=O)Nc1nnc(C#CC2CC2)s1. The van der Waals surface area contributed by atoms with E-state index in [0.29, 0.717) is 44.1 Å². The number of carbonyl (C=O) groups excluding carboxylic acids is 1. The maximum absolute atomic E-state index is 13.3. The third-order valence-corrected chi connectivity index (χ3v) is 6.30. The van der Waals surface area contributed by atoms with Gasteiger partial charge in [-0.1, -0.05) is 40.7 Å². The number of benzene rings is 1. The van der Waals surface area contributed by atoms with Gasteiger partial charge >= 0.3 is 0 Å². The van der Waals surface area contributed by atoms with E-state index in [2.05, 4.69) is 44.2 Å². The van der Waals surface area contributed by atoms with Crippen molar-refractivity contribution in [2.75, 3.05) is 25.6 Å². The molecule has 5 rings (SSSR count). The summed E-state index contributed by atoms with van der Waals surface area (Å²) in [6, 6.07) is 6.72. The molecule has 0 spiro atoms. The molecular weight excluding hydrogens is 488 g/mol. The highest BCUT2D eigenvalue weighted by molar-refractivity contribution is 7.15. The highest BCUT2D eigenvalue weighted by Crippen LogP contribution is 2.35. The second kappa shape index (κ2) is 9.65. The van der Waals surface area contributed by atoms with Crippen molar-refractivity contribution in [3.8, 4) is 40.6 Å². The third-order valence-electron chi connectivity index (χ3n) is 5.34. The van der Waals surface area contributed by atoms with E-state index >= 15 is 0 Å². The molecule has 0 radical (unpaired) electrons. The molecule has 1 aliphatic heterocycles. The number of halogens is 1. The summed E-state index contributed by atoms with van der Waals surface area (Å²) < 4.78 is 10.5. The van der Waals surface area contributed by atoms with Crippen LogP contribution in [0.1, 0.15) is 33.8 Å². The number of pyridine rings is 1. The Balaban J connectivity index is 1.49. The molecule has 3 heterocycles. The second-order valence-corrected chi connectivity index (χ2v) is 9.52. The van der Waals surface area contributed by atoms with Gasteiger partial charge in [-0.15, -0.1) is 10.2 Å². The van der Waals surface area contributed by atoms with Crippen LogP contribution in [0.2, 0.25) is 5.15 Å². The Kier molecular flexibility index (Phi) is 6.42. The van der Waals surface area contributed by atoms with E-state index < -0.39 is 11.5 Å². The molecule has 2 aromatic heterocycles. The molecule has 0 bridgehead atoms. The van der Waals surface area contributed by atoms with Crippen molar-refractivity contribution in [1.82, 2.24) is 15.2 Å². The summed E-state index contributed by atoms with van der Waals surface area (Å²) >= 11 is 7.37. The summed E-state index contributed by atoms with van der Waals surface area (Å²) in [6.45, 7) is 0.325. The lowest BCUT2D eigenvalue weighted by molar-refractivity contribution is -0.140. The summed E-state index contributed by atoms with van der Waals surface area (Å²) in [7, 11) is 1.51. The maximum Gasteiger partial charge on any atom is 0.258 e. The molecule has 1 saturated heterocycles. The third kappa shape index (κ3) is 5.45. The number of carbonyl (C=O) groups is 1. The number of methoxy groups -OCH3 is 1. The molecule has 1 aliphatic carbocycles. The monoisotopic (exact) mass is 506 g/mol. The number of nitrogens with one attached hydrogen (secondary N) is 1. The molecule has 1 saturated carbocycles. The second-order valence-electron chi connectivity index (χ2n) is 8.15. The van der Waals surface area contributed by atoms with E-state index in [1.807, 2.05) is 0 Å². The smallest absolute Gasteiger partial charge is 0.258 e. The Morgan fingerprint density at radius 1 is 1.26 bits per heavy atom. The van der Waals surface area contributed by atoms with Crippen LogP contribution < -0.4 is 10.1 Å². The molecular formula is C25H19ClN4O4S. The van der Waals surface area contributed by atoms with Gasteiger partial charge in [0.2, 0.25) is 5.13 Å². The van der Waals surface area contributed by atoms with Crippen LogP contribution in [-0.2, 0) is 4.74 Å². The number of aliphatic hydroxyl groups is 1. The van der Waals surface area contributed by atoms with Crippen molar-refractivity contribution in [1.29, 1.82) is 0 Å². The van der Waals surface area contributed by atoms with Crippen molar-refractivity contribution in [3.63, 3.8) is 0 Å². The van der Waals surface area contributed by atoms with E-state index in [1.165, 1.54) is 24.6 Å². The molecule has 2 fully saturated rings. The quantitative estimate of drug-likeness (QED) is 0.412. The number of aromatic nitrogens is 3. The number of amides is 1. The minimum absolute atomic E-state index is 0.163. The normalized spacial score (nSPS) is 15.6. The first-order chi connectivity index (χ1) is 16.9. The molecule has 10 heteroatoms. The minimum Gasteiger partial charge on any atom is -0.494 e. The number of anilines is 1. The molecule has 8 nitrogen and oxygen atoms in total. The van der Waals surface area contributed by atoms with Gasteiger partial charge in [0.25, 0.3) is 5.91 Å². The highest BCUT2D eigenvalue weighted by atomic mass is 35.5. The largest absolute Gasteiger partial charge is 0.494 e. The van der Waals surface area contributed by atoms with E-state index in [9.17, 15) is 9.90 Å². The molecule has 35 heavy (non-hydrogen) atoms. The van der Waals surface area contributed by atoms with Crippen LogP contribution in [0.3, 0.4) is 0 Å². The molecule has 176 valence electrons.